The van der Waals surface area contributed by atoms with Gasteiger partial charge in [-0.2, -0.15) is 5.26 Å². The van der Waals surface area contributed by atoms with Gasteiger partial charge in [0.2, 0.25) is 0 Å². The normalized spacial score (nSPS) is 11.4. The second-order valence-electron chi connectivity index (χ2n) is 3.89. The number of carbonyl (C=O) groups excluding carboxylic acids is 1. The summed E-state index contributed by atoms with van der Waals surface area (Å²) in [5.74, 6) is -1.51. The van der Waals surface area contributed by atoms with E-state index in [0.717, 1.165) is 0 Å². The third-order valence-corrected chi connectivity index (χ3v) is 2.45. The number of carboxylic acid groups (broad SMARTS) is 1. The van der Waals surface area contributed by atoms with Gasteiger partial charge in [0.1, 0.15) is 0 Å². The van der Waals surface area contributed by atoms with Gasteiger partial charge in [0.15, 0.2) is 0 Å². The van der Waals surface area contributed by atoms with Crippen LogP contribution < -0.4 is 0 Å². The molecule has 6 heteroatoms. The highest BCUT2D eigenvalue weighted by atomic mass is 16.4. The van der Waals surface area contributed by atoms with Gasteiger partial charge < -0.3 is 14.9 Å². The first-order valence-electron chi connectivity index (χ1n) is 5.53. The topological polar surface area (TPSA) is 84.6 Å². The van der Waals surface area contributed by atoms with Crippen molar-refractivity contribution in [2.24, 2.45) is 5.92 Å². The minimum atomic E-state index is -0.920. The summed E-state index contributed by atoms with van der Waals surface area (Å²) in [6, 6.07) is 1.72. The SMILES string of the molecule is CCN(CC(C)C(=O)O)C(=O)N(C)CCC#N. The quantitative estimate of drug-likeness (QED) is 0.751. The van der Waals surface area contributed by atoms with E-state index in [1.807, 2.05) is 6.07 Å². The Morgan fingerprint density at radius 3 is 2.47 bits per heavy atom. The van der Waals surface area contributed by atoms with Crippen molar-refractivity contribution >= 4 is 12.0 Å². The summed E-state index contributed by atoms with van der Waals surface area (Å²) in [5, 5.41) is 17.2. The molecule has 0 radical (unpaired) electrons. The minimum absolute atomic E-state index is 0.182. The number of amides is 2. The lowest BCUT2D eigenvalue weighted by Crippen LogP contribution is -2.44. The second-order valence-corrected chi connectivity index (χ2v) is 3.89. The van der Waals surface area contributed by atoms with Gasteiger partial charge in [0, 0.05) is 26.7 Å². The van der Waals surface area contributed by atoms with Crippen LogP contribution in [0.15, 0.2) is 0 Å². The van der Waals surface area contributed by atoms with E-state index in [1.165, 1.54) is 9.80 Å². The van der Waals surface area contributed by atoms with Crippen molar-refractivity contribution in [3.8, 4) is 6.07 Å². The van der Waals surface area contributed by atoms with Crippen LogP contribution >= 0.6 is 0 Å². The highest BCUT2D eigenvalue weighted by molar-refractivity contribution is 5.75. The van der Waals surface area contributed by atoms with Crippen LogP contribution in [0.25, 0.3) is 0 Å². The van der Waals surface area contributed by atoms with Crippen LogP contribution in [-0.4, -0.2) is 53.6 Å². The molecule has 6 nitrogen and oxygen atoms in total. The highest BCUT2D eigenvalue weighted by Gasteiger charge is 2.21. The Morgan fingerprint density at radius 2 is 2.06 bits per heavy atom. The van der Waals surface area contributed by atoms with Gasteiger partial charge in [-0.05, 0) is 6.92 Å². The van der Waals surface area contributed by atoms with Crippen molar-refractivity contribution in [3.63, 3.8) is 0 Å². The van der Waals surface area contributed by atoms with Gasteiger partial charge in [-0.15, -0.1) is 0 Å². The van der Waals surface area contributed by atoms with Crippen molar-refractivity contribution in [2.75, 3.05) is 26.7 Å². The van der Waals surface area contributed by atoms with E-state index in [9.17, 15) is 9.59 Å². The zero-order valence-electron chi connectivity index (χ0n) is 10.5. The Labute approximate surface area is 101 Å². The Kier molecular flexibility index (Phi) is 6.71. The van der Waals surface area contributed by atoms with Gasteiger partial charge in [0.05, 0.1) is 18.4 Å². The molecule has 2 amide bonds. The molecule has 0 aliphatic rings. The Hall–Kier alpha value is -1.77. The molecule has 0 heterocycles. The molecule has 0 spiro atoms. The summed E-state index contributed by atoms with van der Waals surface area (Å²) in [7, 11) is 1.60. The predicted octanol–water partition coefficient (Wildman–Crippen LogP) is 0.994. The van der Waals surface area contributed by atoms with E-state index in [2.05, 4.69) is 0 Å². The summed E-state index contributed by atoms with van der Waals surface area (Å²) >= 11 is 0. The molecule has 1 unspecified atom stereocenters. The van der Waals surface area contributed by atoms with E-state index in [-0.39, 0.29) is 19.0 Å². The number of carbonyl (C=O) groups is 2. The standard InChI is InChI=1S/C11H19N3O3/c1-4-14(8-9(2)10(15)16)11(17)13(3)7-5-6-12/h9H,4-5,7-8H2,1-3H3,(H,15,16). The molecule has 0 fully saturated rings. The summed E-state index contributed by atoms with van der Waals surface area (Å²) in [4.78, 5) is 25.5. The molecule has 0 aromatic heterocycles. The molecule has 0 aromatic rings. The van der Waals surface area contributed by atoms with Crippen LogP contribution in [0.1, 0.15) is 20.3 Å². The van der Waals surface area contributed by atoms with Crippen LogP contribution in [0.3, 0.4) is 0 Å². The zero-order chi connectivity index (χ0) is 13.4. The first kappa shape index (κ1) is 15.2. The molecular weight excluding hydrogens is 222 g/mol. The number of hydrogen-bond acceptors (Lipinski definition) is 3. The van der Waals surface area contributed by atoms with Crippen LogP contribution in [0.2, 0.25) is 0 Å². The smallest absolute Gasteiger partial charge is 0.319 e. The van der Waals surface area contributed by atoms with Crippen molar-refractivity contribution in [3.05, 3.63) is 0 Å². The summed E-state index contributed by atoms with van der Waals surface area (Å²) < 4.78 is 0. The van der Waals surface area contributed by atoms with Gasteiger partial charge in [0.25, 0.3) is 0 Å². The third kappa shape index (κ3) is 5.20. The second kappa shape index (κ2) is 7.49. The molecule has 1 N–H and O–H groups in total. The minimum Gasteiger partial charge on any atom is -0.481 e. The molecule has 0 rings (SSSR count). The Balaban J connectivity index is 4.40. The molecule has 17 heavy (non-hydrogen) atoms. The van der Waals surface area contributed by atoms with E-state index in [0.29, 0.717) is 13.1 Å². The average molecular weight is 241 g/mol. The lowest BCUT2D eigenvalue weighted by atomic mass is 10.2. The monoisotopic (exact) mass is 241 g/mol. The number of nitriles is 1. The Morgan fingerprint density at radius 1 is 1.47 bits per heavy atom. The fraction of sp³-hybridized carbons (Fsp3) is 0.727. The number of carboxylic acids is 1. The van der Waals surface area contributed by atoms with Crippen molar-refractivity contribution in [1.82, 2.24) is 9.80 Å². The van der Waals surface area contributed by atoms with Gasteiger partial charge in [-0.3, -0.25) is 4.79 Å². The molecular formula is C11H19N3O3. The van der Waals surface area contributed by atoms with Crippen LogP contribution in [0.4, 0.5) is 4.79 Å². The van der Waals surface area contributed by atoms with Crippen LogP contribution in [0.5, 0.6) is 0 Å². The number of nitrogens with zero attached hydrogens (tertiary/aromatic N) is 3. The van der Waals surface area contributed by atoms with Crippen LogP contribution in [0, 0.1) is 17.2 Å². The van der Waals surface area contributed by atoms with E-state index in [1.54, 1.807) is 20.9 Å². The van der Waals surface area contributed by atoms with Crippen molar-refractivity contribution < 1.29 is 14.7 Å². The lowest BCUT2D eigenvalue weighted by molar-refractivity contribution is -0.141. The molecule has 96 valence electrons. The zero-order valence-corrected chi connectivity index (χ0v) is 10.5. The maximum Gasteiger partial charge on any atom is 0.319 e. The third-order valence-electron chi connectivity index (χ3n) is 2.45. The largest absolute Gasteiger partial charge is 0.481 e. The molecule has 0 aliphatic heterocycles. The summed E-state index contributed by atoms with van der Waals surface area (Å²) in [6.45, 7) is 4.35. The number of rotatable bonds is 6. The van der Waals surface area contributed by atoms with Gasteiger partial charge >= 0.3 is 12.0 Å². The predicted molar refractivity (Wildman–Crippen MR) is 62.3 cm³/mol. The number of aliphatic carboxylic acids is 1. The van der Waals surface area contributed by atoms with E-state index < -0.39 is 11.9 Å². The maximum atomic E-state index is 11.9. The molecule has 1 atom stereocenters. The molecule has 0 aliphatic carbocycles. The number of hydrogen-bond donors (Lipinski definition) is 1. The lowest BCUT2D eigenvalue weighted by Gasteiger charge is -2.28. The number of urea groups is 1. The molecule has 0 saturated carbocycles. The van der Waals surface area contributed by atoms with Crippen LogP contribution in [-0.2, 0) is 4.79 Å². The van der Waals surface area contributed by atoms with Crippen molar-refractivity contribution in [1.29, 1.82) is 5.26 Å². The van der Waals surface area contributed by atoms with Gasteiger partial charge in [-0.25, -0.2) is 4.79 Å². The van der Waals surface area contributed by atoms with E-state index >= 15 is 0 Å². The maximum absolute atomic E-state index is 11.9. The highest BCUT2D eigenvalue weighted by Crippen LogP contribution is 2.04. The van der Waals surface area contributed by atoms with E-state index in [4.69, 9.17) is 10.4 Å². The van der Waals surface area contributed by atoms with Crippen molar-refractivity contribution in [2.45, 2.75) is 20.3 Å². The first-order valence-corrected chi connectivity index (χ1v) is 5.53. The average Bonchev–Trinajstić information content (AvgIpc) is 2.31. The van der Waals surface area contributed by atoms with Gasteiger partial charge in [-0.1, -0.05) is 6.92 Å². The fourth-order valence-corrected chi connectivity index (χ4v) is 1.31. The summed E-state index contributed by atoms with van der Waals surface area (Å²) in [6.07, 6.45) is 0.272. The first-order chi connectivity index (χ1) is 7.93. The Bertz CT molecular complexity index is 312. The molecule has 0 bridgehead atoms. The summed E-state index contributed by atoms with van der Waals surface area (Å²) in [5.41, 5.74) is 0. The fourth-order valence-electron chi connectivity index (χ4n) is 1.31. The molecule has 0 saturated heterocycles. The molecule has 0 aromatic carbocycles.